The highest BCUT2D eigenvalue weighted by atomic mass is 19.4. The number of amides is 1. The molecule has 1 amide bonds. The molecule has 1 atom stereocenters. The van der Waals surface area contributed by atoms with Crippen LogP contribution in [0.3, 0.4) is 0 Å². The number of carbonyl (C=O) groups excluding carboxylic acids is 2. The maximum absolute atomic E-state index is 13.2. The Balaban J connectivity index is 1.89. The summed E-state index contributed by atoms with van der Waals surface area (Å²) < 4.78 is 40.4. The first kappa shape index (κ1) is 18.5. The number of aryl methyl sites for hydroxylation is 1. The molecule has 1 aliphatic carbocycles. The number of alkyl halides is 3. The molecule has 1 aliphatic heterocycles. The second-order valence-electron chi connectivity index (χ2n) is 7.86. The van der Waals surface area contributed by atoms with E-state index in [1.165, 1.54) is 4.90 Å². The van der Waals surface area contributed by atoms with Crippen LogP contribution >= 0.6 is 0 Å². The van der Waals surface area contributed by atoms with E-state index in [1.807, 2.05) is 0 Å². The molecule has 142 valence electrons. The summed E-state index contributed by atoms with van der Waals surface area (Å²) in [5.41, 5.74) is 3.36. The van der Waals surface area contributed by atoms with Gasteiger partial charge in [-0.3, -0.25) is 14.3 Å². The van der Waals surface area contributed by atoms with E-state index < -0.39 is 34.2 Å². The molecule has 2 aliphatic rings. The van der Waals surface area contributed by atoms with Crippen molar-refractivity contribution in [3.8, 4) is 0 Å². The van der Waals surface area contributed by atoms with Crippen LogP contribution in [0.1, 0.15) is 42.7 Å². The number of carbonyl (C=O) groups is 2. The van der Waals surface area contributed by atoms with Gasteiger partial charge in [0.15, 0.2) is 11.5 Å². The minimum atomic E-state index is -4.67. The number of rotatable bonds is 1. The van der Waals surface area contributed by atoms with E-state index in [0.717, 1.165) is 13.2 Å². The van der Waals surface area contributed by atoms with Crippen LogP contribution in [0.25, 0.3) is 0 Å². The second kappa shape index (κ2) is 5.59. The molecule has 1 aromatic heterocycles. The van der Waals surface area contributed by atoms with Crippen LogP contribution in [0.15, 0.2) is 18.0 Å². The van der Waals surface area contributed by atoms with Crippen molar-refractivity contribution >= 4 is 11.7 Å². The Bertz CT molecular complexity index is 809. The maximum Gasteiger partial charge on any atom is 0.433 e. The predicted molar refractivity (Wildman–Crippen MR) is 86.8 cm³/mol. The van der Waals surface area contributed by atoms with Gasteiger partial charge in [0.05, 0.1) is 17.5 Å². The molecule has 0 saturated carbocycles. The van der Waals surface area contributed by atoms with Gasteiger partial charge in [-0.1, -0.05) is 13.8 Å². The van der Waals surface area contributed by atoms with Gasteiger partial charge in [0, 0.05) is 31.0 Å². The van der Waals surface area contributed by atoms with Gasteiger partial charge in [-0.15, -0.1) is 0 Å². The van der Waals surface area contributed by atoms with Gasteiger partial charge in [0.2, 0.25) is 0 Å². The van der Waals surface area contributed by atoms with Crippen LogP contribution in [-0.4, -0.2) is 39.5 Å². The van der Waals surface area contributed by atoms with E-state index in [1.54, 1.807) is 19.9 Å². The third-order valence-electron chi connectivity index (χ3n) is 5.24. The van der Waals surface area contributed by atoms with Crippen LogP contribution in [0, 0.1) is 10.8 Å². The van der Waals surface area contributed by atoms with Crippen molar-refractivity contribution in [1.29, 1.82) is 0 Å². The van der Waals surface area contributed by atoms with E-state index in [-0.39, 0.29) is 18.0 Å². The van der Waals surface area contributed by atoms with E-state index >= 15 is 0 Å². The fourth-order valence-electron chi connectivity index (χ4n) is 4.23. The minimum Gasteiger partial charge on any atom is -0.396 e. The number of hydrogen-bond acceptors (Lipinski definition) is 4. The molecule has 1 fully saturated rings. The van der Waals surface area contributed by atoms with E-state index in [0.29, 0.717) is 24.1 Å². The third-order valence-corrected chi connectivity index (χ3v) is 5.24. The molecule has 2 N–H and O–H groups in total. The number of Topliss-reactive ketones (excluding diaryl/α,β-unsaturated/α-hetero) is 1. The molecule has 1 saturated heterocycles. The quantitative estimate of drug-likeness (QED) is 0.821. The Morgan fingerprint density at radius 3 is 2.58 bits per heavy atom. The number of ketones is 1. The predicted octanol–water partition coefficient (Wildman–Crippen LogP) is 2.11. The van der Waals surface area contributed by atoms with E-state index in [9.17, 15) is 22.8 Å². The highest BCUT2D eigenvalue weighted by Crippen LogP contribution is 2.47. The highest BCUT2D eigenvalue weighted by molar-refractivity contribution is 6.00. The Kier molecular flexibility index (Phi) is 3.97. The molecule has 3 rings (SSSR count). The summed E-state index contributed by atoms with van der Waals surface area (Å²) in [4.78, 5) is 26.3. The van der Waals surface area contributed by atoms with Gasteiger partial charge in [-0.25, -0.2) is 0 Å². The van der Waals surface area contributed by atoms with Crippen LogP contribution in [0.4, 0.5) is 13.2 Å². The van der Waals surface area contributed by atoms with Gasteiger partial charge < -0.3 is 10.6 Å². The number of halogens is 3. The van der Waals surface area contributed by atoms with Crippen molar-refractivity contribution < 1.29 is 22.8 Å². The van der Waals surface area contributed by atoms with Crippen LogP contribution in [0.2, 0.25) is 0 Å². The first-order valence-corrected chi connectivity index (χ1v) is 8.28. The lowest BCUT2D eigenvalue weighted by Gasteiger charge is -2.39. The van der Waals surface area contributed by atoms with Crippen molar-refractivity contribution in [2.75, 3.05) is 13.1 Å². The van der Waals surface area contributed by atoms with Gasteiger partial charge in [-0.05, 0) is 18.9 Å². The molecule has 1 aromatic rings. The zero-order valence-corrected chi connectivity index (χ0v) is 14.9. The summed E-state index contributed by atoms with van der Waals surface area (Å²) in [6.07, 6.45) is -0.978. The summed E-state index contributed by atoms with van der Waals surface area (Å²) in [6, 6.07) is 0. The summed E-state index contributed by atoms with van der Waals surface area (Å²) >= 11 is 0. The summed E-state index contributed by atoms with van der Waals surface area (Å²) in [7, 11) is 1.16. The van der Waals surface area contributed by atoms with Crippen LogP contribution in [0.5, 0.6) is 0 Å². The molecule has 0 unspecified atom stereocenters. The van der Waals surface area contributed by atoms with Crippen molar-refractivity contribution in [3.05, 3.63) is 29.2 Å². The fourth-order valence-corrected chi connectivity index (χ4v) is 4.23. The first-order chi connectivity index (χ1) is 11.9. The van der Waals surface area contributed by atoms with Gasteiger partial charge in [-0.2, -0.15) is 18.3 Å². The highest BCUT2D eigenvalue weighted by Gasteiger charge is 2.49. The molecular weight excluding hydrogens is 349 g/mol. The topological polar surface area (TPSA) is 81.2 Å². The summed E-state index contributed by atoms with van der Waals surface area (Å²) in [5.74, 6) is -0.844. The summed E-state index contributed by atoms with van der Waals surface area (Å²) in [6.45, 7) is 4.13. The molecule has 2 heterocycles. The minimum absolute atomic E-state index is 0.139. The van der Waals surface area contributed by atoms with E-state index in [2.05, 4.69) is 5.10 Å². The number of likely N-dealkylation sites (tertiary alicyclic amines) is 1. The second-order valence-corrected chi connectivity index (χ2v) is 7.86. The normalized spacial score (nSPS) is 25.7. The van der Waals surface area contributed by atoms with Crippen molar-refractivity contribution in [2.45, 2.75) is 32.9 Å². The lowest BCUT2D eigenvalue weighted by molar-refractivity contribution is -0.144. The molecule has 26 heavy (non-hydrogen) atoms. The Labute approximate surface area is 148 Å². The Morgan fingerprint density at radius 2 is 2.00 bits per heavy atom. The zero-order chi connectivity index (χ0) is 19.5. The van der Waals surface area contributed by atoms with Crippen molar-refractivity contribution in [1.82, 2.24) is 14.7 Å². The number of allylic oxidation sites excluding steroid dienone is 1. The van der Waals surface area contributed by atoms with Crippen molar-refractivity contribution in [2.24, 2.45) is 23.6 Å². The molecular formula is C17H21F3N4O2. The zero-order valence-electron chi connectivity index (χ0n) is 14.9. The Morgan fingerprint density at radius 1 is 1.35 bits per heavy atom. The van der Waals surface area contributed by atoms with Gasteiger partial charge >= 0.3 is 6.18 Å². The van der Waals surface area contributed by atoms with Crippen LogP contribution in [-0.2, 0) is 18.0 Å². The molecule has 0 bridgehead atoms. The SMILES string of the molecule is Cn1ncc(C(=O)N2CC[C@@]3(C=C(N)C(=O)C(C)(C)C3)C2)c1C(F)(F)F. The molecule has 6 nitrogen and oxygen atoms in total. The van der Waals surface area contributed by atoms with Gasteiger partial charge in [0.25, 0.3) is 5.91 Å². The summed E-state index contributed by atoms with van der Waals surface area (Å²) in [5, 5.41) is 3.60. The largest absolute Gasteiger partial charge is 0.433 e. The fraction of sp³-hybridized carbons (Fsp3) is 0.588. The number of aromatic nitrogens is 2. The molecule has 0 aromatic carbocycles. The lowest BCUT2D eigenvalue weighted by atomic mass is 9.65. The molecule has 1 spiro atoms. The lowest BCUT2D eigenvalue weighted by Crippen LogP contribution is -2.42. The third kappa shape index (κ3) is 2.89. The first-order valence-electron chi connectivity index (χ1n) is 8.28. The monoisotopic (exact) mass is 370 g/mol. The standard InChI is InChI=1S/C17H21F3N4O2/c1-15(2)8-16(6-11(21)13(15)25)4-5-24(9-16)14(26)10-7-22-23(3)12(10)17(18,19)20/h6-7H,4-5,8-9,21H2,1-3H3/t16-/m0/s1. The van der Waals surface area contributed by atoms with E-state index in [4.69, 9.17) is 5.73 Å². The smallest absolute Gasteiger partial charge is 0.396 e. The number of hydrogen-bond donors (Lipinski definition) is 1. The molecule has 0 radical (unpaired) electrons. The van der Waals surface area contributed by atoms with Gasteiger partial charge in [0.1, 0.15) is 0 Å². The number of nitrogens with zero attached hydrogens (tertiary/aromatic N) is 3. The number of nitrogens with two attached hydrogens (primary N) is 1. The Hall–Kier alpha value is -2.32. The average Bonchev–Trinajstić information content (AvgIpc) is 3.07. The molecule has 9 heteroatoms. The maximum atomic E-state index is 13.2. The van der Waals surface area contributed by atoms with Crippen LogP contribution < -0.4 is 5.73 Å². The van der Waals surface area contributed by atoms with Crippen molar-refractivity contribution in [3.63, 3.8) is 0 Å². The average molecular weight is 370 g/mol.